The van der Waals surface area contributed by atoms with Gasteiger partial charge >= 0.3 is 5.97 Å². The number of carboxylic acids is 1. The number of piperidine rings is 1. The molecule has 1 aromatic rings. The van der Waals surface area contributed by atoms with Gasteiger partial charge in [-0.25, -0.2) is 9.78 Å². The summed E-state index contributed by atoms with van der Waals surface area (Å²) in [6, 6.07) is -0.425. The maximum atomic E-state index is 11.1. The van der Waals surface area contributed by atoms with E-state index in [4.69, 9.17) is 5.11 Å². The first-order valence-corrected chi connectivity index (χ1v) is 5.75. The van der Waals surface area contributed by atoms with Gasteiger partial charge in [-0.1, -0.05) is 0 Å². The highest BCUT2D eigenvalue weighted by atomic mass is 32.1. The van der Waals surface area contributed by atoms with Crippen LogP contribution in [0.25, 0.3) is 0 Å². The molecule has 6 heteroatoms. The summed E-state index contributed by atoms with van der Waals surface area (Å²) in [5, 5.41) is 9.83. The predicted molar refractivity (Wildman–Crippen MR) is 57.3 cm³/mol. The van der Waals surface area contributed by atoms with Gasteiger partial charge in [-0.05, 0) is 26.2 Å². The third-order valence-corrected chi connectivity index (χ3v) is 3.40. The largest absolute Gasteiger partial charge is 0.480 e. The fraction of sp³-hybridized carbons (Fsp3) is 0.667. The molecule has 5 nitrogen and oxygen atoms in total. The van der Waals surface area contributed by atoms with Crippen LogP contribution < -0.4 is 4.90 Å². The zero-order valence-electron chi connectivity index (χ0n) is 8.51. The quantitative estimate of drug-likeness (QED) is 0.824. The van der Waals surface area contributed by atoms with Gasteiger partial charge in [0.2, 0.25) is 5.13 Å². The number of carboxylic acid groups (broad SMARTS) is 1. The van der Waals surface area contributed by atoms with Crippen molar-refractivity contribution in [3.05, 3.63) is 5.82 Å². The van der Waals surface area contributed by atoms with Gasteiger partial charge in [-0.15, -0.1) is 0 Å². The lowest BCUT2D eigenvalue weighted by atomic mass is 10.0. The fourth-order valence-electron chi connectivity index (χ4n) is 1.82. The number of anilines is 1. The highest BCUT2D eigenvalue weighted by Gasteiger charge is 2.30. The molecular formula is C9H13N3O2S. The second-order valence-corrected chi connectivity index (χ2v) is 4.40. The average molecular weight is 227 g/mol. The van der Waals surface area contributed by atoms with Crippen LogP contribution in [0.2, 0.25) is 0 Å². The van der Waals surface area contributed by atoms with Crippen molar-refractivity contribution in [1.29, 1.82) is 0 Å². The number of nitrogens with zero attached hydrogens (tertiary/aromatic N) is 3. The summed E-state index contributed by atoms with van der Waals surface area (Å²) < 4.78 is 4.08. The molecule has 1 unspecified atom stereocenters. The van der Waals surface area contributed by atoms with Gasteiger partial charge in [0.1, 0.15) is 11.9 Å². The summed E-state index contributed by atoms with van der Waals surface area (Å²) in [5.41, 5.74) is 0. The van der Waals surface area contributed by atoms with E-state index in [9.17, 15) is 4.79 Å². The van der Waals surface area contributed by atoms with Crippen molar-refractivity contribution in [1.82, 2.24) is 9.36 Å². The zero-order chi connectivity index (χ0) is 10.8. The lowest BCUT2D eigenvalue weighted by Gasteiger charge is -2.32. The van der Waals surface area contributed by atoms with E-state index in [1.807, 2.05) is 11.8 Å². The monoisotopic (exact) mass is 227 g/mol. The van der Waals surface area contributed by atoms with Crippen molar-refractivity contribution in [3.8, 4) is 0 Å². The third-order valence-electron chi connectivity index (χ3n) is 2.55. The van der Waals surface area contributed by atoms with Gasteiger partial charge in [-0.3, -0.25) is 0 Å². The Bertz CT molecular complexity index is 366. The second-order valence-electron chi connectivity index (χ2n) is 3.67. The molecule has 0 radical (unpaired) electrons. The molecule has 1 fully saturated rings. The molecule has 2 rings (SSSR count). The minimum absolute atomic E-state index is 0.425. The van der Waals surface area contributed by atoms with Crippen LogP contribution in [0.5, 0.6) is 0 Å². The van der Waals surface area contributed by atoms with Crippen molar-refractivity contribution in [2.45, 2.75) is 32.2 Å². The molecule has 0 spiro atoms. The minimum atomic E-state index is -0.762. The van der Waals surface area contributed by atoms with Crippen molar-refractivity contribution in [2.24, 2.45) is 0 Å². The Balaban J connectivity index is 2.21. The number of rotatable bonds is 2. The van der Waals surface area contributed by atoms with Gasteiger partial charge in [0.25, 0.3) is 0 Å². The van der Waals surface area contributed by atoms with E-state index in [0.717, 1.165) is 24.5 Å². The highest BCUT2D eigenvalue weighted by Crippen LogP contribution is 2.26. The average Bonchev–Trinajstić information content (AvgIpc) is 2.65. The normalized spacial score (nSPS) is 21.7. The third kappa shape index (κ3) is 2.09. The lowest BCUT2D eigenvalue weighted by molar-refractivity contribution is -0.139. The van der Waals surface area contributed by atoms with Crippen molar-refractivity contribution in [3.63, 3.8) is 0 Å². The van der Waals surface area contributed by atoms with Crippen molar-refractivity contribution >= 4 is 22.6 Å². The Morgan fingerprint density at radius 1 is 1.60 bits per heavy atom. The summed E-state index contributed by atoms with van der Waals surface area (Å²) >= 11 is 1.28. The molecule has 0 amide bonds. The van der Waals surface area contributed by atoms with E-state index >= 15 is 0 Å². The zero-order valence-corrected chi connectivity index (χ0v) is 9.33. The van der Waals surface area contributed by atoms with Crippen LogP contribution in [0.15, 0.2) is 0 Å². The molecule has 2 heterocycles. The van der Waals surface area contributed by atoms with Crippen LogP contribution >= 0.6 is 11.5 Å². The number of hydrogen-bond acceptors (Lipinski definition) is 5. The Hall–Kier alpha value is -1.17. The number of aliphatic carboxylic acids is 1. The second kappa shape index (κ2) is 4.14. The summed E-state index contributed by atoms with van der Waals surface area (Å²) in [4.78, 5) is 17.2. The van der Waals surface area contributed by atoms with Crippen LogP contribution in [-0.2, 0) is 4.79 Å². The Morgan fingerprint density at radius 3 is 3.00 bits per heavy atom. The number of aromatic nitrogens is 2. The van der Waals surface area contributed by atoms with Crippen LogP contribution in [-0.4, -0.2) is 33.0 Å². The van der Waals surface area contributed by atoms with Gasteiger partial charge in [0.05, 0.1) is 0 Å². The molecule has 1 atom stereocenters. The summed E-state index contributed by atoms with van der Waals surface area (Å²) in [5.74, 6) is -0.0488. The molecule has 15 heavy (non-hydrogen) atoms. The molecule has 0 aromatic carbocycles. The van der Waals surface area contributed by atoms with Crippen molar-refractivity contribution < 1.29 is 9.90 Å². The maximum Gasteiger partial charge on any atom is 0.326 e. The summed E-state index contributed by atoms with van der Waals surface area (Å²) in [6.45, 7) is 2.59. The Labute approximate surface area is 91.9 Å². The number of hydrogen-bond donors (Lipinski definition) is 1. The van der Waals surface area contributed by atoms with E-state index < -0.39 is 12.0 Å². The molecule has 1 aliphatic heterocycles. The van der Waals surface area contributed by atoms with Gasteiger partial charge in [-0.2, -0.15) is 4.37 Å². The molecule has 1 saturated heterocycles. The fourth-order valence-corrected chi connectivity index (χ4v) is 2.57. The van der Waals surface area contributed by atoms with E-state index in [2.05, 4.69) is 9.36 Å². The first-order valence-electron chi connectivity index (χ1n) is 4.98. The van der Waals surface area contributed by atoms with Crippen molar-refractivity contribution in [2.75, 3.05) is 11.4 Å². The number of aryl methyl sites for hydroxylation is 1. The van der Waals surface area contributed by atoms with Crippen LogP contribution in [0.3, 0.4) is 0 Å². The Morgan fingerprint density at radius 2 is 2.40 bits per heavy atom. The van der Waals surface area contributed by atoms with Gasteiger partial charge in [0, 0.05) is 18.1 Å². The molecule has 0 aliphatic carbocycles. The predicted octanol–water partition coefficient (Wildman–Crippen LogP) is 1.29. The highest BCUT2D eigenvalue weighted by molar-refractivity contribution is 7.09. The first-order chi connectivity index (χ1) is 7.18. The van der Waals surface area contributed by atoms with Gasteiger partial charge < -0.3 is 10.0 Å². The molecule has 82 valence electrons. The standard InChI is InChI=1S/C9H13N3O2S/c1-6-10-9(15-11-6)12-5-3-2-4-7(12)8(13)14/h7H,2-5H2,1H3,(H,13,14). The first kappa shape index (κ1) is 10.4. The smallest absolute Gasteiger partial charge is 0.326 e. The lowest BCUT2D eigenvalue weighted by Crippen LogP contribution is -2.44. The van der Waals surface area contributed by atoms with E-state index in [1.165, 1.54) is 11.5 Å². The summed E-state index contributed by atoms with van der Waals surface area (Å²) in [7, 11) is 0. The van der Waals surface area contributed by atoms with Crippen LogP contribution in [0, 0.1) is 6.92 Å². The molecular weight excluding hydrogens is 214 g/mol. The molecule has 1 aliphatic rings. The number of carbonyl (C=O) groups is 1. The maximum absolute atomic E-state index is 11.1. The van der Waals surface area contributed by atoms with E-state index in [-0.39, 0.29) is 0 Å². The van der Waals surface area contributed by atoms with Gasteiger partial charge in [0.15, 0.2) is 0 Å². The van der Waals surface area contributed by atoms with Crippen LogP contribution in [0.1, 0.15) is 25.1 Å². The molecule has 1 aromatic heterocycles. The molecule has 0 bridgehead atoms. The van der Waals surface area contributed by atoms with E-state index in [1.54, 1.807) is 0 Å². The summed E-state index contributed by atoms with van der Waals surface area (Å²) in [6.07, 6.45) is 2.71. The van der Waals surface area contributed by atoms with E-state index in [0.29, 0.717) is 12.2 Å². The SMILES string of the molecule is Cc1nsc(N2CCCCC2C(=O)O)n1. The molecule has 1 N–H and O–H groups in total. The minimum Gasteiger partial charge on any atom is -0.480 e. The molecule has 0 saturated carbocycles. The Kier molecular flexibility index (Phi) is 2.86. The van der Waals surface area contributed by atoms with Crippen LogP contribution in [0.4, 0.5) is 5.13 Å². The topological polar surface area (TPSA) is 66.3 Å².